The van der Waals surface area contributed by atoms with Crippen molar-refractivity contribution in [2.24, 2.45) is 0 Å². The zero-order valence-electron chi connectivity index (χ0n) is 12.8. The first-order chi connectivity index (χ1) is 11.5. The van der Waals surface area contributed by atoms with Crippen LogP contribution in [0.1, 0.15) is 5.56 Å². The number of likely N-dealkylation sites (N-methyl/N-ethyl adjacent to an activating group) is 1. The molecule has 8 heteroatoms. The van der Waals surface area contributed by atoms with Crippen LogP contribution in [0, 0.1) is 5.82 Å². The molecule has 0 aliphatic rings. The van der Waals surface area contributed by atoms with Crippen LogP contribution in [0.5, 0.6) is 0 Å². The molecular formula is C16H14FN3O3S. The molecule has 6 nitrogen and oxygen atoms in total. The normalized spacial score (nSPS) is 10.8. The van der Waals surface area contributed by atoms with Crippen molar-refractivity contribution in [1.29, 1.82) is 0 Å². The molecule has 3 rings (SSSR count). The lowest BCUT2D eigenvalue weighted by Gasteiger charge is -2.17. The van der Waals surface area contributed by atoms with E-state index in [1.54, 1.807) is 31.3 Å². The molecule has 0 aliphatic carbocycles. The maximum atomic E-state index is 13.6. The molecule has 2 heterocycles. The van der Waals surface area contributed by atoms with Gasteiger partial charge in [0.15, 0.2) is 0 Å². The van der Waals surface area contributed by atoms with Gasteiger partial charge in [0, 0.05) is 19.2 Å². The monoisotopic (exact) mass is 347 g/mol. The molecule has 0 aliphatic heterocycles. The minimum absolute atomic E-state index is 0.107. The Labute approximate surface area is 140 Å². The fourth-order valence-corrected chi connectivity index (χ4v) is 2.77. The molecule has 0 saturated heterocycles. The third-order valence-electron chi connectivity index (χ3n) is 3.41. The van der Waals surface area contributed by atoms with Crippen LogP contribution in [0.15, 0.2) is 51.0 Å². The zero-order chi connectivity index (χ0) is 17.1. The number of carbonyl (C=O) groups is 1. The molecule has 0 radical (unpaired) electrons. The summed E-state index contributed by atoms with van der Waals surface area (Å²) in [5, 5.41) is 5.86. The second kappa shape index (κ2) is 6.79. The lowest BCUT2D eigenvalue weighted by atomic mass is 10.2. The summed E-state index contributed by atoms with van der Waals surface area (Å²) in [6, 6.07) is 9.81. The average molecular weight is 347 g/mol. The Hall–Kier alpha value is -2.74. The summed E-state index contributed by atoms with van der Waals surface area (Å²) in [5.41, 5.74) is 0.403. The van der Waals surface area contributed by atoms with Crippen molar-refractivity contribution in [1.82, 2.24) is 14.7 Å². The Morgan fingerprint density at radius 3 is 2.83 bits per heavy atom. The molecule has 0 bridgehead atoms. The van der Waals surface area contributed by atoms with Gasteiger partial charge in [-0.05, 0) is 17.5 Å². The van der Waals surface area contributed by atoms with E-state index in [0.717, 1.165) is 4.68 Å². The van der Waals surface area contributed by atoms with Gasteiger partial charge in [0.25, 0.3) is 5.89 Å². The van der Waals surface area contributed by atoms with Crippen molar-refractivity contribution in [3.05, 3.63) is 63.7 Å². The number of rotatable bonds is 5. The maximum Gasteiger partial charge on any atom is 0.437 e. The van der Waals surface area contributed by atoms with Crippen LogP contribution in [0.25, 0.3) is 10.8 Å². The molecule has 0 fully saturated rings. The molecule has 0 saturated carbocycles. The van der Waals surface area contributed by atoms with Crippen LogP contribution in [-0.2, 0) is 17.9 Å². The van der Waals surface area contributed by atoms with Gasteiger partial charge in [-0.25, -0.2) is 9.18 Å². The fourth-order valence-electron chi connectivity index (χ4n) is 2.13. The van der Waals surface area contributed by atoms with Crippen LogP contribution in [0.3, 0.4) is 0 Å². The smallest absolute Gasteiger partial charge is 0.387 e. The molecule has 124 valence electrons. The Balaban J connectivity index is 1.71. The highest BCUT2D eigenvalue weighted by Gasteiger charge is 2.17. The minimum atomic E-state index is -0.703. The predicted octanol–water partition coefficient (Wildman–Crippen LogP) is 2.36. The van der Waals surface area contributed by atoms with Gasteiger partial charge in [-0.15, -0.1) is 16.4 Å². The van der Waals surface area contributed by atoms with Gasteiger partial charge in [0.05, 0.1) is 4.88 Å². The molecule has 3 aromatic rings. The van der Waals surface area contributed by atoms with E-state index in [2.05, 4.69) is 5.10 Å². The molecular weight excluding hydrogens is 333 g/mol. The number of benzene rings is 1. The molecule has 24 heavy (non-hydrogen) atoms. The number of nitrogens with zero attached hydrogens (tertiary/aromatic N) is 3. The van der Waals surface area contributed by atoms with Crippen LogP contribution < -0.4 is 5.76 Å². The Bertz CT molecular complexity index is 901. The highest BCUT2D eigenvalue weighted by Crippen LogP contribution is 2.21. The van der Waals surface area contributed by atoms with Crippen LogP contribution in [0.4, 0.5) is 4.39 Å². The van der Waals surface area contributed by atoms with E-state index in [4.69, 9.17) is 4.42 Å². The van der Waals surface area contributed by atoms with Crippen molar-refractivity contribution < 1.29 is 13.6 Å². The van der Waals surface area contributed by atoms with Crippen molar-refractivity contribution in [2.75, 3.05) is 7.05 Å². The van der Waals surface area contributed by atoms with Gasteiger partial charge in [0.2, 0.25) is 5.91 Å². The van der Waals surface area contributed by atoms with Gasteiger partial charge >= 0.3 is 5.76 Å². The number of halogens is 1. The molecule has 0 spiro atoms. The highest BCUT2D eigenvalue weighted by molar-refractivity contribution is 7.13. The van der Waals surface area contributed by atoms with Gasteiger partial charge in [-0.3, -0.25) is 4.79 Å². The van der Waals surface area contributed by atoms with E-state index in [-0.39, 0.29) is 30.7 Å². The largest absolute Gasteiger partial charge is 0.437 e. The van der Waals surface area contributed by atoms with Crippen LogP contribution in [-0.4, -0.2) is 27.6 Å². The number of thiophene rings is 1. The second-order valence-corrected chi connectivity index (χ2v) is 6.10. The standard InChI is InChI=1S/C16H14FN3O3S/c1-19(9-11-5-2-3-6-12(11)17)14(21)10-20-16(22)23-15(18-20)13-7-4-8-24-13/h2-8H,9-10H2,1H3. The van der Waals surface area contributed by atoms with Crippen LogP contribution in [0.2, 0.25) is 0 Å². The second-order valence-electron chi connectivity index (χ2n) is 5.15. The van der Waals surface area contributed by atoms with Gasteiger partial charge in [0.1, 0.15) is 12.4 Å². The number of hydrogen-bond acceptors (Lipinski definition) is 5. The Morgan fingerprint density at radius 1 is 1.33 bits per heavy atom. The quantitative estimate of drug-likeness (QED) is 0.710. The first-order valence-electron chi connectivity index (χ1n) is 7.14. The third kappa shape index (κ3) is 3.43. The Kier molecular flexibility index (Phi) is 4.57. The van der Waals surface area contributed by atoms with E-state index in [1.807, 2.05) is 11.4 Å². The maximum absolute atomic E-state index is 13.6. The lowest BCUT2D eigenvalue weighted by molar-refractivity contribution is -0.131. The summed E-state index contributed by atoms with van der Waals surface area (Å²) in [6.07, 6.45) is 0. The molecule has 0 unspecified atom stereocenters. The number of aromatic nitrogens is 2. The summed E-state index contributed by atoms with van der Waals surface area (Å²) in [4.78, 5) is 26.1. The number of carbonyl (C=O) groups excluding carboxylic acids is 1. The molecule has 2 aromatic heterocycles. The van der Waals surface area contributed by atoms with Gasteiger partial charge < -0.3 is 9.32 Å². The Morgan fingerprint density at radius 2 is 2.12 bits per heavy atom. The topological polar surface area (TPSA) is 68.3 Å². The minimum Gasteiger partial charge on any atom is -0.387 e. The highest BCUT2D eigenvalue weighted by atomic mass is 32.1. The summed E-state index contributed by atoms with van der Waals surface area (Å²) < 4.78 is 19.7. The summed E-state index contributed by atoms with van der Waals surface area (Å²) in [6.45, 7) is -0.158. The van der Waals surface area contributed by atoms with Crippen molar-refractivity contribution in [2.45, 2.75) is 13.1 Å². The summed E-state index contributed by atoms with van der Waals surface area (Å²) in [5.74, 6) is -1.27. The first-order valence-corrected chi connectivity index (χ1v) is 8.02. The molecule has 1 aromatic carbocycles. The van der Waals surface area contributed by atoms with Crippen LogP contribution >= 0.6 is 11.3 Å². The zero-order valence-corrected chi connectivity index (χ0v) is 13.6. The number of hydrogen-bond donors (Lipinski definition) is 0. The third-order valence-corrected chi connectivity index (χ3v) is 4.27. The van der Waals surface area contributed by atoms with E-state index in [9.17, 15) is 14.0 Å². The van der Waals surface area contributed by atoms with Crippen molar-refractivity contribution in [3.8, 4) is 10.8 Å². The van der Waals surface area contributed by atoms with Crippen molar-refractivity contribution in [3.63, 3.8) is 0 Å². The van der Waals surface area contributed by atoms with E-state index < -0.39 is 5.76 Å². The van der Waals surface area contributed by atoms with Crippen molar-refractivity contribution >= 4 is 17.2 Å². The summed E-state index contributed by atoms with van der Waals surface area (Å²) in [7, 11) is 1.54. The first kappa shape index (κ1) is 16.1. The number of amides is 1. The molecule has 0 atom stereocenters. The van der Waals surface area contributed by atoms with E-state index >= 15 is 0 Å². The molecule has 1 amide bonds. The van der Waals surface area contributed by atoms with Gasteiger partial charge in [-0.1, -0.05) is 24.3 Å². The molecule has 0 N–H and O–H groups in total. The van der Waals surface area contributed by atoms with E-state index in [1.165, 1.54) is 22.3 Å². The fraction of sp³-hybridized carbons (Fsp3) is 0.188. The van der Waals surface area contributed by atoms with E-state index in [0.29, 0.717) is 10.4 Å². The van der Waals surface area contributed by atoms with Gasteiger partial charge in [-0.2, -0.15) is 4.68 Å². The summed E-state index contributed by atoms with van der Waals surface area (Å²) >= 11 is 1.38. The lowest BCUT2D eigenvalue weighted by Crippen LogP contribution is -2.33. The predicted molar refractivity (Wildman–Crippen MR) is 87.0 cm³/mol. The SMILES string of the molecule is CN(Cc1ccccc1F)C(=O)Cn1nc(-c2cccs2)oc1=O. The average Bonchev–Trinajstić information content (AvgIpc) is 3.20.